The maximum Gasteiger partial charge on any atom is 0.325 e. The van der Waals surface area contributed by atoms with Gasteiger partial charge in [0.05, 0.1) is 19.1 Å². The first-order chi connectivity index (χ1) is 12.8. The maximum atomic E-state index is 12.7. The van der Waals surface area contributed by atoms with Crippen molar-refractivity contribution < 1.29 is 22.7 Å². The maximum absolute atomic E-state index is 12.7. The molecule has 9 nitrogen and oxygen atoms in total. The van der Waals surface area contributed by atoms with Crippen molar-refractivity contribution in [3.63, 3.8) is 0 Å². The fourth-order valence-electron chi connectivity index (χ4n) is 3.34. The first-order valence-electron chi connectivity index (χ1n) is 8.73. The summed E-state index contributed by atoms with van der Waals surface area (Å²) in [5, 5.41) is 0. The van der Waals surface area contributed by atoms with Crippen LogP contribution < -0.4 is 9.64 Å². The van der Waals surface area contributed by atoms with Gasteiger partial charge in [-0.05, 0) is 12.1 Å². The third kappa shape index (κ3) is 4.16. The van der Waals surface area contributed by atoms with Crippen molar-refractivity contribution in [3.8, 4) is 5.75 Å². The number of hydrogen-bond acceptors (Lipinski definition) is 5. The van der Waals surface area contributed by atoms with Crippen LogP contribution in [0.2, 0.25) is 0 Å². The molecule has 0 saturated carbocycles. The Kier molecular flexibility index (Phi) is 5.56. The predicted octanol–water partition coefficient (Wildman–Crippen LogP) is 0.0410. The van der Waals surface area contributed by atoms with Crippen LogP contribution in [-0.2, 0) is 14.8 Å². The van der Waals surface area contributed by atoms with Crippen molar-refractivity contribution in [2.45, 2.75) is 0 Å². The number of urea groups is 1. The second-order valence-corrected chi connectivity index (χ2v) is 8.55. The monoisotopic (exact) mass is 396 g/mol. The molecule has 0 aliphatic carbocycles. The molecule has 0 bridgehead atoms. The third-order valence-electron chi connectivity index (χ3n) is 4.86. The van der Waals surface area contributed by atoms with Crippen molar-refractivity contribution in [2.24, 2.45) is 0 Å². The van der Waals surface area contributed by atoms with E-state index in [2.05, 4.69) is 0 Å². The molecule has 2 heterocycles. The summed E-state index contributed by atoms with van der Waals surface area (Å²) in [6, 6.07) is 7.03. The number of sulfonamides is 1. The summed E-state index contributed by atoms with van der Waals surface area (Å²) in [5.41, 5.74) is 0.682. The Morgan fingerprint density at radius 2 is 1.74 bits per heavy atom. The zero-order valence-electron chi connectivity index (χ0n) is 15.5. The molecule has 1 aromatic carbocycles. The first-order valence-corrected chi connectivity index (χ1v) is 10.6. The van der Waals surface area contributed by atoms with Gasteiger partial charge in [-0.1, -0.05) is 12.1 Å². The molecule has 3 amide bonds. The van der Waals surface area contributed by atoms with Crippen molar-refractivity contribution in [1.82, 2.24) is 14.1 Å². The third-order valence-corrected chi connectivity index (χ3v) is 6.16. The first kappa shape index (κ1) is 19.4. The molecule has 10 heteroatoms. The Morgan fingerprint density at radius 1 is 1.07 bits per heavy atom. The molecule has 0 atom stereocenters. The highest BCUT2D eigenvalue weighted by atomic mass is 32.2. The normalized spacial score (nSPS) is 18.9. The van der Waals surface area contributed by atoms with Crippen LogP contribution in [0.4, 0.5) is 10.5 Å². The highest BCUT2D eigenvalue weighted by Gasteiger charge is 2.34. The van der Waals surface area contributed by atoms with Crippen LogP contribution in [0.1, 0.15) is 0 Å². The zero-order valence-corrected chi connectivity index (χ0v) is 16.3. The summed E-state index contributed by atoms with van der Waals surface area (Å²) in [6.45, 7) is 2.16. The SMILES string of the molecule is COc1ccccc1N1CCN(CC(=O)N2CCN(S(C)(=O)=O)CC2)C1=O. The van der Waals surface area contributed by atoms with Gasteiger partial charge in [0, 0.05) is 39.3 Å². The smallest absolute Gasteiger partial charge is 0.325 e. The van der Waals surface area contributed by atoms with E-state index in [1.807, 2.05) is 18.2 Å². The molecule has 0 N–H and O–H groups in total. The van der Waals surface area contributed by atoms with Gasteiger partial charge in [-0.15, -0.1) is 0 Å². The highest BCUT2D eigenvalue weighted by molar-refractivity contribution is 7.88. The van der Waals surface area contributed by atoms with Gasteiger partial charge in [0.25, 0.3) is 0 Å². The summed E-state index contributed by atoms with van der Waals surface area (Å²) in [6.07, 6.45) is 1.17. The van der Waals surface area contributed by atoms with Crippen molar-refractivity contribution >= 4 is 27.6 Å². The van der Waals surface area contributed by atoms with E-state index in [9.17, 15) is 18.0 Å². The minimum absolute atomic E-state index is 0.0106. The Morgan fingerprint density at radius 3 is 2.37 bits per heavy atom. The number of nitrogens with zero attached hydrogens (tertiary/aromatic N) is 4. The number of amides is 3. The molecule has 2 saturated heterocycles. The lowest BCUT2D eigenvalue weighted by molar-refractivity contribution is -0.132. The van der Waals surface area contributed by atoms with Crippen LogP contribution in [0, 0.1) is 0 Å². The second kappa shape index (κ2) is 7.73. The molecule has 2 fully saturated rings. The molecule has 148 valence electrons. The summed E-state index contributed by atoms with van der Waals surface area (Å²) in [5.74, 6) is 0.439. The van der Waals surface area contributed by atoms with E-state index in [1.54, 1.807) is 23.0 Å². The molecule has 2 aliphatic heterocycles. The number of benzene rings is 1. The summed E-state index contributed by atoms with van der Waals surface area (Å²) >= 11 is 0. The Balaban J connectivity index is 1.59. The number of piperazine rings is 1. The lowest BCUT2D eigenvalue weighted by atomic mass is 10.2. The van der Waals surface area contributed by atoms with Crippen LogP contribution in [0.5, 0.6) is 5.75 Å². The van der Waals surface area contributed by atoms with Gasteiger partial charge in [0.15, 0.2) is 0 Å². The number of anilines is 1. The molecular formula is C17H24N4O5S. The molecule has 1 aromatic rings. The standard InChI is InChI=1S/C17H24N4O5S/c1-26-15-6-4-3-5-14(15)21-12-9-19(17(21)23)13-16(22)18-7-10-20(11-8-18)27(2,24)25/h3-6H,7-13H2,1-2H3. The highest BCUT2D eigenvalue weighted by Crippen LogP contribution is 2.30. The van der Waals surface area contributed by atoms with Crippen LogP contribution in [0.15, 0.2) is 24.3 Å². The van der Waals surface area contributed by atoms with E-state index < -0.39 is 10.0 Å². The number of ether oxygens (including phenoxy) is 1. The number of methoxy groups -OCH3 is 1. The Labute approximate surface area is 159 Å². The quantitative estimate of drug-likeness (QED) is 0.701. The number of carbonyl (C=O) groups is 2. The fraction of sp³-hybridized carbons (Fsp3) is 0.529. The largest absolute Gasteiger partial charge is 0.495 e. The topological polar surface area (TPSA) is 90.5 Å². The van der Waals surface area contributed by atoms with Gasteiger partial charge in [-0.2, -0.15) is 4.31 Å². The summed E-state index contributed by atoms with van der Waals surface area (Å²) in [7, 11) is -1.69. The van der Waals surface area contributed by atoms with E-state index in [-0.39, 0.29) is 31.6 Å². The van der Waals surface area contributed by atoms with Crippen molar-refractivity contribution in [2.75, 3.05) is 64.1 Å². The van der Waals surface area contributed by atoms with E-state index in [0.717, 1.165) is 0 Å². The van der Waals surface area contributed by atoms with Gasteiger partial charge >= 0.3 is 6.03 Å². The molecule has 2 aliphatic rings. The molecule has 0 spiro atoms. The molecule has 27 heavy (non-hydrogen) atoms. The van der Waals surface area contributed by atoms with Gasteiger partial charge < -0.3 is 14.5 Å². The Bertz CT molecular complexity index is 820. The van der Waals surface area contributed by atoms with Crippen LogP contribution in [0.3, 0.4) is 0 Å². The Hall–Kier alpha value is -2.33. The van der Waals surface area contributed by atoms with Crippen molar-refractivity contribution in [1.29, 1.82) is 0 Å². The van der Waals surface area contributed by atoms with Crippen LogP contribution in [-0.4, -0.2) is 93.6 Å². The lowest BCUT2D eigenvalue weighted by Crippen LogP contribution is -2.52. The molecule has 0 unspecified atom stereocenters. The van der Waals surface area contributed by atoms with Crippen molar-refractivity contribution in [3.05, 3.63) is 24.3 Å². The number of hydrogen-bond donors (Lipinski definition) is 0. The van der Waals surface area contributed by atoms with E-state index in [4.69, 9.17) is 4.74 Å². The number of carbonyl (C=O) groups excluding carboxylic acids is 2. The molecule has 0 radical (unpaired) electrons. The zero-order chi connectivity index (χ0) is 19.6. The molecule has 3 rings (SSSR count). The van der Waals surface area contributed by atoms with E-state index >= 15 is 0 Å². The summed E-state index contributed by atoms with van der Waals surface area (Å²) < 4.78 is 29.8. The summed E-state index contributed by atoms with van der Waals surface area (Å²) in [4.78, 5) is 30.0. The number of rotatable bonds is 5. The molecule has 0 aromatic heterocycles. The van der Waals surface area contributed by atoms with Gasteiger partial charge in [-0.25, -0.2) is 13.2 Å². The van der Waals surface area contributed by atoms with E-state index in [0.29, 0.717) is 37.6 Å². The van der Waals surface area contributed by atoms with Crippen LogP contribution >= 0.6 is 0 Å². The predicted molar refractivity (Wildman–Crippen MR) is 100 cm³/mol. The minimum atomic E-state index is -3.24. The fourth-order valence-corrected chi connectivity index (χ4v) is 4.16. The average molecular weight is 396 g/mol. The van der Waals surface area contributed by atoms with E-state index in [1.165, 1.54) is 15.5 Å². The van der Waals surface area contributed by atoms with Gasteiger partial charge in [0.2, 0.25) is 15.9 Å². The van der Waals surface area contributed by atoms with Gasteiger partial charge in [-0.3, -0.25) is 9.69 Å². The number of para-hydroxylation sites is 2. The van der Waals surface area contributed by atoms with Gasteiger partial charge in [0.1, 0.15) is 12.3 Å². The molecular weight excluding hydrogens is 372 g/mol. The lowest BCUT2D eigenvalue weighted by Gasteiger charge is -2.34. The van der Waals surface area contributed by atoms with Crippen LogP contribution in [0.25, 0.3) is 0 Å². The second-order valence-electron chi connectivity index (χ2n) is 6.57. The average Bonchev–Trinajstić information content (AvgIpc) is 3.01. The minimum Gasteiger partial charge on any atom is -0.495 e.